The summed E-state index contributed by atoms with van der Waals surface area (Å²) in [4.78, 5) is 15.2. The summed E-state index contributed by atoms with van der Waals surface area (Å²) in [6.07, 6.45) is 0. The highest BCUT2D eigenvalue weighted by molar-refractivity contribution is 6.16. The van der Waals surface area contributed by atoms with Gasteiger partial charge < -0.3 is 13.6 Å². The molecule has 0 unspecified atom stereocenters. The number of rotatable bonds is 7. The molecule has 0 aliphatic carbocycles. The predicted molar refractivity (Wildman–Crippen MR) is 241 cm³/mol. The maximum absolute atomic E-state index is 6.45. The minimum Gasteiger partial charge on any atom is -0.456 e. The van der Waals surface area contributed by atoms with Gasteiger partial charge in [-0.1, -0.05) is 146 Å². The van der Waals surface area contributed by atoms with Crippen LogP contribution in [-0.2, 0) is 13.1 Å². The van der Waals surface area contributed by atoms with E-state index in [2.05, 4.69) is 149 Å². The Kier molecular flexibility index (Phi) is 7.56. The molecule has 0 fully saturated rings. The normalized spacial score (nSPS) is 11.9. The number of furan rings is 1. The van der Waals surface area contributed by atoms with Crippen LogP contribution in [0.1, 0.15) is 11.1 Å². The van der Waals surface area contributed by atoms with Crippen LogP contribution < -0.4 is 0 Å². The van der Waals surface area contributed by atoms with Gasteiger partial charge in [0.25, 0.3) is 0 Å². The molecule has 4 aromatic heterocycles. The number of fused-ring (bicyclic) bond motifs is 9. The van der Waals surface area contributed by atoms with Gasteiger partial charge in [0.2, 0.25) is 0 Å². The summed E-state index contributed by atoms with van der Waals surface area (Å²) in [6, 6.07) is 66.1. The van der Waals surface area contributed by atoms with Crippen LogP contribution in [0.5, 0.6) is 0 Å². The molecule has 0 saturated carbocycles. The van der Waals surface area contributed by atoms with Gasteiger partial charge in [0.15, 0.2) is 17.5 Å². The fraction of sp³-hybridized carbons (Fsp3) is 0.0377. The van der Waals surface area contributed by atoms with Crippen LogP contribution in [0.4, 0.5) is 0 Å². The second kappa shape index (κ2) is 13.4. The van der Waals surface area contributed by atoms with Crippen molar-refractivity contribution >= 4 is 65.6 Å². The Balaban J connectivity index is 1.07. The molecule has 0 N–H and O–H groups in total. The fourth-order valence-electron chi connectivity index (χ4n) is 8.96. The average molecular weight is 758 g/mol. The van der Waals surface area contributed by atoms with Gasteiger partial charge >= 0.3 is 0 Å². The smallest absolute Gasteiger partial charge is 0.164 e. The molecule has 0 aliphatic rings. The summed E-state index contributed by atoms with van der Waals surface area (Å²) in [5.41, 5.74) is 11.7. The Bertz CT molecular complexity index is 3450. The quantitative estimate of drug-likeness (QED) is 0.162. The lowest BCUT2D eigenvalue weighted by Gasteiger charge is -2.17. The predicted octanol–water partition coefficient (Wildman–Crippen LogP) is 13.1. The van der Waals surface area contributed by atoms with Crippen molar-refractivity contribution < 1.29 is 4.42 Å². The lowest BCUT2D eigenvalue weighted by Crippen LogP contribution is -2.08. The molecule has 12 aromatic rings. The highest BCUT2D eigenvalue weighted by Crippen LogP contribution is 2.38. The van der Waals surface area contributed by atoms with E-state index < -0.39 is 0 Å². The zero-order valence-corrected chi connectivity index (χ0v) is 32.0. The summed E-state index contributed by atoms with van der Waals surface area (Å²) in [5, 5.41) is 7.20. The zero-order valence-electron chi connectivity index (χ0n) is 32.0. The van der Waals surface area contributed by atoms with E-state index in [4.69, 9.17) is 19.4 Å². The van der Waals surface area contributed by atoms with E-state index in [1.807, 2.05) is 48.5 Å². The van der Waals surface area contributed by atoms with Crippen molar-refractivity contribution in [3.05, 3.63) is 199 Å². The fourth-order valence-corrected chi connectivity index (χ4v) is 8.96. The maximum atomic E-state index is 6.45. The van der Waals surface area contributed by atoms with Gasteiger partial charge in [-0.15, -0.1) is 0 Å². The first-order valence-electron chi connectivity index (χ1n) is 20.0. The zero-order chi connectivity index (χ0) is 38.9. The van der Waals surface area contributed by atoms with E-state index in [0.717, 1.165) is 44.1 Å². The summed E-state index contributed by atoms with van der Waals surface area (Å²) < 4.78 is 11.4. The van der Waals surface area contributed by atoms with Gasteiger partial charge in [-0.2, -0.15) is 0 Å². The molecule has 0 atom stereocenters. The van der Waals surface area contributed by atoms with Crippen LogP contribution in [0.15, 0.2) is 192 Å². The summed E-state index contributed by atoms with van der Waals surface area (Å²) in [6.45, 7) is 1.31. The first-order valence-corrected chi connectivity index (χ1v) is 20.0. The van der Waals surface area contributed by atoms with Crippen molar-refractivity contribution in [3.8, 4) is 34.2 Å². The van der Waals surface area contributed by atoms with E-state index >= 15 is 0 Å². The maximum Gasteiger partial charge on any atom is 0.164 e. The third-order valence-electron chi connectivity index (χ3n) is 11.8. The Morgan fingerprint density at radius 1 is 0.322 bits per heavy atom. The first kappa shape index (κ1) is 33.3. The standard InChI is InChI=1S/C53H35N5O/c1-3-15-34(16-4-1)51-54-52(35-17-5-2-6-18-35)56-53(55-51)36-27-28-37(38(29-36)33-57-45-23-11-7-19-39(45)40-20-8-12-24-46(40)57)32-58-47-25-13-9-21-41(47)43-30-44-42-22-10-14-26-49(42)59-50(44)31-48(43)58/h1-31H,32-33H2. The molecular formula is C53H35N5O. The molecule has 6 heteroatoms. The Morgan fingerprint density at radius 3 is 1.41 bits per heavy atom. The molecule has 6 nitrogen and oxygen atoms in total. The van der Waals surface area contributed by atoms with Gasteiger partial charge in [-0.05, 0) is 47.5 Å². The van der Waals surface area contributed by atoms with Gasteiger partial charge in [0.1, 0.15) is 11.2 Å². The number of benzene rings is 8. The molecule has 59 heavy (non-hydrogen) atoms. The summed E-state index contributed by atoms with van der Waals surface area (Å²) >= 11 is 0. The number of para-hydroxylation sites is 4. The molecule has 4 heterocycles. The van der Waals surface area contributed by atoms with Gasteiger partial charge in [-0.3, -0.25) is 0 Å². The average Bonchev–Trinajstić information content (AvgIpc) is 3.93. The summed E-state index contributed by atoms with van der Waals surface area (Å²) in [5.74, 6) is 1.92. The Hall–Kier alpha value is -7.83. The number of aromatic nitrogens is 5. The van der Waals surface area contributed by atoms with E-state index in [1.165, 1.54) is 49.2 Å². The van der Waals surface area contributed by atoms with E-state index in [-0.39, 0.29) is 0 Å². The van der Waals surface area contributed by atoms with Crippen LogP contribution >= 0.6 is 0 Å². The van der Waals surface area contributed by atoms with Gasteiger partial charge in [0.05, 0.1) is 5.52 Å². The Labute approximate surface area is 339 Å². The van der Waals surface area contributed by atoms with Crippen molar-refractivity contribution in [3.63, 3.8) is 0 Å². The molecule has 0 amide bonds. The van der Waals surface area contributed by atoms with E-state index in [9.17, 15) is 0 Å². The lowest BCUT2D eigenvalue weighted by molar-refractivity contribution is 0.669. The van der Waals surface area contributed by atoms with Crippen LogP contribution in [0, 0.1) is 0 Å². The molecule has 0 radical (unpaired) electrons. The van der Waals surface area contributed by atoms with Gasteiger partial charge in [0, 0.05) is 84.7 Å². The number of nitrogens with zero attached hydrogens (tertiary/aromatic N) is 5. The number of hydrogen-bond acceptors (Lipinski definition) is 4. The third-order valence-corrected chi connectivity index (χ3v) is 11.8. The second-order valence-electron chi connectivity index (χ2n) is 15.2. The van der Waals surface area contributed by atoms with E-state index in [1.54, 1.807) is 0 Å². The highest BCUT2D eigenvalue weighted by atomic mass is 16.3. The lowest BCUT2D eigenvalue weighted by atomic mass is 10.0. The first-order chi connectivity index (χ1) is 29.2. The van der Waals surface area contributed by atoms with Crippen molar-refractivity contribution in [1.29, 1.82) is 0 Å². The molecule has 278 valence electrons. The SMILES string of the molecule is c1ccc(-c2nc(-c3ccccc3)nc(-c3ccc(Cn4c5ccccc5c5cc6c(cc54)oc4ccccc46)c(Cn4c5ccccc5c5ccccc54)c3)n2)cc1. The van der Waals surface area contributed by atoms with E-state index in [0.29, 0.717) is 30.6 Å². The minimum absolute atomic E-state index is 0.636. The second-order valence-corrected chi connectivity index (χ2v) is 15.2. The molecule has 0 spiro atoms. The molecule has 12 rings (SSSR count). The molecule has 0 aliphatic heterocycles. The molecule has 0 bridgehead atoms. The Morgan fingerprint density at radius 2 is 0.797 bits per heavy atom. The molecular weight excluding hydrogens is 723 g/mol. The number of hydrogen-bond donors (Lipinski definition) is 0. The van der Waals surface area contributed by atoms with Crippen molar-refractivity contribution in [2.24, 2.45) is 0 Å². The van der Waals surface area contributed by atoms with Crippen molar-refractivity contribution in [2.75, 3.05) is 0 Å². The summed E-state index contributed by atoms with van der Waals surface area (Å²) in [7, 11) is 0. The van der Waals surface area contributed by atoms with Gasteiger partial charge in [-0.25, -0.2) is 15.0 Å². The van der Waals surface area contributed by atoms with Crippen molar-refractivity contribution in [2.45, 2.75) is 13.1 Å². The topological polar surface area (TPSA) is 61.7 Å². The van der Waals surface area contributed by atoms with Crippen molar-refractivity contribution in [1.82, 2.24) is 24.1 Å². The van der Waals surface area contributed by atoms with Crippen LogP contribution in [0.3, 0.4) is 0 Å². The molecule has 0 saturated heterocycles. The molecule has 8 aromatic carbocycles. The largest absolute Gasteiger partial charge is 0.456 e. The van der Waals surface area contributed by atoms with Crippen LogP contribution in [0.25, 0.3) is 99.7 Å². The third kappa shape index (κ3) is 5.52. The van der Waals surface area contributed by atoms with Crippen LogP contribution in [-0.4, -0.2) is 24.1 Å². The monoisotopic (exact) mass is 757 g/mol. The highest BCUT2D eigenvalue weighted by Gasteiger charge is 2.20. The van der Waals surface area contributed by atoms with Crippen LogP contribution in [0.2, 0.25) is 0 Å². The minimum atomic E-state index is 0.636.